The number of hydrogen-bond donors (Lipinski definition) is 2. The van der Waals surface area contributed by atoms with E-state index in [1.54, 1.807) is 0 Å². The molecule has 3 unspecified atom stereocenters. The Balaban J connectivity index is 2.60. The fourth-order valence-electron chi connectivity index (χ4n) is 2.93. The molecule has 1 fully saturated rings. The van der Waals surface area contributed by atoms with Crippen LogP contribution in [0.4, 0.5) is 0 Å². The quantitative estimate of drug-likeness (QED) is 0.200. The van der Waals surface area contributed by atoms with Gasteiger partial charge in [0.15, 0.2) is 0 Å². The zero-order chi connectivity index (χ0) is 18.5. The Morgan fingerprint density at radius 3 is 1.84 bits per heavy atom. The molecule has 1 aliphatic carbocycles. The molecule has 0 bridgehead atoms. The van der Waals surface area contributed by atoms with Crippen molar-refractivity contribution in [2.24, 2.45) is 0 Å². The topological polar surface area (TPSA) is 27.7 Å². The lowest BCUT2D eigenvalue weighted by molar-refractivity contribution is 0.0638. The van der Waals surface area contributed by atoms with Crippen molar-refractivity contribution in [3.05, 3.63) is 0 Å². The fourth-order valence-corrected chi connectivity index (χ4v) is 5.20. The van der Waals surface area contributed by atoms with Crippen molar-refractivity contribution < 1.29 is 14.0 Å². The number of thiol groups is 2. The molecule has 0 N–H and O–H groups in total. The Morgan fingerprint density at radius 1 is 0.840 bits per heavy atom. The van der Waals surface area contributed by atoms with Crippen LogP contribution in [0.15, 0.2) is 0 Å². The standard InChI is InChI=1S/C18H37BO3S3/c1-4-10-16(23)20-19(21-17(24)11-5-2)22-18(12-6-3)25-15-13-8-7-9-14-15/h15-18,23-24H,4-14H2,1-3H3. The molecule has 0 saturated heterocycles. The fraction of sp³-hybridized carbons (Fsp3) is 1.00. The summed E-state index contributed by atoms with van der Waals surface area (Å²) in [7, 11) is -0.684. The third kappa shape index (κ3) is 11.4. The van der Waals surface area contributed by atoms with E-state index in [9.17, 15) is 0 Å². The lowest BCUT2D eigenvalue weighted by atomic mass is 10.0. The maximum Gasteiger partial charge on any atom is 0.641 e. The normalized spacial score (nSPS) is 19.6. The molecule has 0 aromatic heterocycles. The minimum Gasteiger partial charge on any atom is -0.374 e. The van der Waals surface area contributed by atoms with Crippen molar-refractivity contribution in [1.29, 1.82) is 0 Å². The third-order valence-electron chi connectivity index (χ3n) is 4.29. The zero-order valence-electron chi connectivity index (χ0n) is 16.2. The summed E-state index contributed by atoms with van der Waals surface area (Å²) in [5, 5.41) is 0.704. The second-order valence-corrected chi connectivity index (χ2v) is 9.41. The Hall–Kier alpha value is 0.995. The summed E-state index contributed by atoms with van der Waals surface area (Å²) >= 11 is 11.0. The van der Waals surface area contributed by atoms with Crippen LogP contribution in [0.5, 0.6) is 0 Å². The summed E-state index contributed by atoms with van der Waals surface area (Å²) in [5.74, 6) is 0. The minimum atomic E-state index is -0.684. The van der Waals surface area contributed by atoms with Gasteiger partial charge < -0.3 is 14.0 Å². The van der Waals surface area contributed by atoms with Crippen molar-refractivity contribution >= 4 is 44.3 Å². The van der Waals surface area contributed by atoms with E-state index in [4.69, 9.17) is 14.0 Å². The van der Waals surface area contributed by atoms with Crippen LogP contribution in [0.25, 0.3) is 0 Å². The SMILES string of the molecule is CCCC(S)OB(OC(S)CCC)OC(CCC)SC1CCCCC1. The minimum absolute atomic E-state index is 0.113. The van der Waals surface area contributed by atoms with Crippen molar-refractivity contribution in [3.63, 3.8) is 0 Å². The van der Waals surface area contributed by atoms with Gasteiger partial charge in [-0.25, -0.2) is 0 Å². The summed E-state index contributed by atoms with van der Waals surface area (Å²) in [6.07, 6.45) is 12.6. The first kappa shape index (κ1) is 24.0. The molecule has 3 atom stereocenters. The van der Waals surface area contributed by atoms with Crippen LogP contribution in [0.1, 0.15) is 91.4 Å². The first-order chi connectivity index (χ1) is 12.1. The molecule has 1 aliphatic rings. The van der Waals surface area contributed by atoms with Crippen LogP contribution in [0.3, 0.4) is 0 Å². The van der Waals surface area contributed by atoms with Gasteiger partial charge in [-0.05, 0) is 32.1 Å². The lowest BCUT2D eigenvalue weighted by Gasteiger charge is -2.29. The van der Waals surface area contributed by atoms with Crippen LogP contribution >= 0.6 is 37.0 Å². The molecule has 1 saturated carbocycles. The van der Waals surface area contributed by atoms with Crippen molar-refractivity contribution in [2.45, 2.75) is 113 Å². The van der Waals surface area contributed by atoms with Gasteiger partial charge in [-0.2, -0.15) is 0 Å². The molecule has 0 heterocycles. The molecular weight excluding hydrogens is 371 g/mol. The van der Waals surface area contributed by atoms with Gasteiger partial charge in [0.05, 0.1) is 16.3 Å². The molecule has 3 nitrogen and oxygen atoms in total. The Morgan fingerprint density at radius 2 is 1.36 bits per heavy atom. The molecule has 0 aliphatic heterocycles. The summed E-state index contributed by atoms with van der Waals surface area (Å²) in [6.45, 7) is 6.45. The van der Waals surface area contributed by atoms with Gasteiger partial charge in [-0.1, -0.05) is 59.3 Å². The molecule has 7 heteroatoms. The Labute approximate surface area is 171 Å². The molecule has 0 aromatic carbocycles. The van der Waals surface area contributed by atoms with E-state index in [1.165, 1.54) is 32.1 Å². The molecule has 0 amide bonds. The van der Waals surface area contributed by atoms with Crippen LogP contribution in [-0.4, -0.2) is 28.9 Å². The highest BCUT2D eigenvalue weighted by Gasteiger charge is 2.32. The largest absolute Gasteiger partial charge is 0.641 e. The zero-order valence-corrected chi connectivity index (χ0v) is 18.8. The highest BCUT2D eigenvalue weighted by molar-refractivity contribution is 8.00. The van der Waals surface area contributed by atoms with Crippen LogP contribution < -0.4 is 0 Å². The van der Waals surface area contributed by atoms with Crippen molar-refractivity contribution in [2.75, 3.05) is 0 Å². The number of rotatable bonds is 14. The Kier molecular flexibility index (Phi) is 14.4. The highest BCUT2D eigenvalue weighted by atomic mass is 32.2. The van der Waals surface area contributed by atoms with E-state index in [-0.39, 0.29) is 16.3 Å². The van der Waals surface area contributed by atoms with Gasteiger partial charge in [0.25, 0.3) is 0 Å². The van der Waals surface area contributed by atoms with Gasteiger partial charge in [0, 0.05) is 5.25 Å². The van der Waals surface area contributed by atoms with E-state index < -0.39 is 7.32 Å². The molecule has 25 heavy (non-hydrogen) atoms. The van der Waals surface area contributed by atoms with Crippen LogP contribution in [0.2, 0.25) is 0 Å². The number of thioether (sulfide) groups is 1. The predicted octanol–water partition coefficient (Wildman–Crippen LogP) is 6.33. The second kappa shape index (κ2) is 15.0. The maximum atomic E-state index is 6.25. The second-order valence-electron chi connectivity index (χ2n) is 6.80. The monoisotopic (exact) mass is 408 g/mol. The maximum absolute atomic E-state index is 6.25. The summed E-state index contributed by atoms with van der Waals surface area (Å²) in [4.78, 5) is 0. The molecule has 148 valence electrons. The number of hydrogen-bond acceptors (Lipinski definition) is 6. The smallest absolute Gasteiger partial charge is 0.374 e. The van der Waals surface area contributed by atoms with Gasteiger partial charge in [-0.3, -0.25) is 0 Å². The predicted molar refractivity (Wildman–Crippen MR) is 118 cm³/mol. The molecular formula is C18H37BO3S3. The van der Waals surface area contributed by atoms with Gasteiger partial charge in [-0.15, -0.1) is 37.0 Å². The van der Waals surface area contributed by atoms with Gasteiger partial charge in [0.2, 0.25) is 0 Å². The van der Waals surface area contributed by atoms with E-state index in [1.807, 2.05) is 11.8 Å². The summed E-state index contributed by atoms with van der Waals surface area (Å²) < 4.78 is 18.1. The van der Waals surface area contributed by atoms with E-state index in [0.717, 1.165) is 38.5 Å². The first-order valence-corrected chi connectivity index (χ1v) is 12.0. The van der Waals surface area contributed by atoms with Gasteiger partial charge in [0.1, 0.15) is 0 Å². The van der Waals surface area contributed by atoms with Crippen LogP contribution in [-0.2, 0) is 14.0 Å². The average Bonchev–Trinajstić information content (AvgIpc) is 2.56. The lowest BCUT2D eigenvalue weighted by Crippen LogP contribution is -2.36. The molecule has 0 spiro atoms. The average molecular weight is 409 g/mol. The van der Waals surface area contributed by atoms with E-state index >= 15 is 0 Å². The summed E-state index contributed by atoms with van der Waals surface area (Å²) in [6, 6.07) is 0. The van der Waals surface area contributed by atoms with Crippen molar-refractivity contribution in [1.82, 2.24) is 0 Å². The Bertz CT molecular complexity index is 306. The van der Waals surface area contributed by atoms with E-state index in [2.05, 4.69) is 46.0 Å². The van der Waals surface area contributed by atoms with Crippen molar-refractivity contribution in [3.8, 4) is 0 Å². The van der Waals surface area contributed by atoms with Crippen LogP contribution in [0, 0.1) is 0 Å². The summed E-state index contributed by atoms with van der Waals surface area (Å²) in [5.41, 5.74) is -0.222. The molecule has 0 aromatic rings. The third-order valence-corrected chi connectivity index (χ3v) is 6.56. The highest BCUT2D eigenvalue weighted by Crippen LogP contribution is 2.34. The van der Waals surface area contributed by atoms with E-state index in [0.29, 0.717) is 5.25 Å². The van der Waals surface area contributed by atoms with Gasteiger partial charge >= 0.3 is 7.32 Å². The first-order valence-electron chi connectivity index (χ1n) is 10.1. The molecule has 1 rings (SSSR count). The molecule has 0 radical (unpaired) electrons.